The fourth-order valence-corrected chi connectivity index (χ4v) is 1.56. The Hall–Kier alpha value is -2.08. The van der Waals surface area contributed by atoms with Crippen molar-refractivity contribution in [3.63, 3.8) is 0 Å². The summed E-state index contributed by atoms with van der Waals surface area (Å²) < 4.78 is 0. The molecule has 0 aliphatic carbocycles. The largest absolute Gasteiger partial charge is 0.323 e. The van der Waals surface area contributed by atoms with Crippen molar-refractivity contribution >= 4 is 23.2 Å². The van der Waals surface area contributed by atoms with Gasteiger partial charge in [0.25, 0.3) is 5.91 Å². The Morgan fingerprint density at radius 1 is 1.53 bits per heavy atom. The van der Waals surface area contributed by atoms with E-state index in [2.05, 4.69) is 20.3 Å². The highest BCUT2D eigenvalue weighted by molar-refractivity contribution is 6.32. The van der Waals surface area contributed by atoms with Gasteiger partial charge in [0.1, 0.15) is 5.69 Å². The number of nitrogens with zero attached hydrogens (tertiary/aromatic N) is 1. The summed E-state index contributed by atoms with van der Waals surface area (Å²) in [7, 11) is 0. The Balaban J connectivity index is 2.27. The summed E-state index contributed by atoms with van der Waals surface area (Å²) in [5, 5.41) is 2.79. The van der Waals surface area contributed by atoms with Crippen molar-refractivity contribution in [1.82, 2.24) is 15.0 Å². The van der Waals surface area contributed by atoms with E-state index in [4.69, 9.17) is 11.6 Å². The molecule has 7 heteroatoms. The number of carbonyl (C=O) groups excluding carboxylic acids is 1. The number of rotatable bonds is 2. The topological polar surface area (TPSA) is 90.6 Å². The lowest BCUT2D eigenvalue weighted by Crippen LogP contribution is -2.15. The molecular weight excluding hydrogens is 244 g/mol. The van der Waals surface area contributed by atoms with Crippen LogP contribution in [-0.4, -0.2) is 20.9 Å². The average molecular weight is 253 g/mol. The standard InChI is InChI=1S/C10H9ClN4O2/c1-5-2-3-12-8(11)7(5)15-9(16)6-4-13-10(17)14-6/h2-4H,1H3,(H,15,16)(H2,13,14,17). The summed E-state index contributed by atoms with van der Waals surface area (Å²) in [5.41, 5.74) is 0.913. The highest BCUT2D eigenvalue weighted by atomic mass is 35.5. The maximum atomic E-state index is 11.7. The van der Waals surface area contributed by atoms with Crippen molar-refractivity contribution in [3.8, 4) is 0 Å². The fourth-order valence-electron chi connectivity index (χ4n) is 1.31. The fraction of sp³-hybridized carbons (Fsp3) is 0.100. The minimum Gasteiger partial charge on any atom is -0.318 e. The first kappa shape index (κ1) is 11.4. The molecule has 2 rings (SSSR count). The molecule has 3 N–H and O–H groups in total. The summed E-state index contributed by atoms with van der Waals surface area (Å²) >= 11 is 5.86. The second-order valence-electron chi connectivity index (χ2n) is 3.40. The third-order valence-corrected chi connectivity index (χ3v) is 2.48. The molecule has 2 aromatic heterocycles. The number of anilines is 1. The number of hydrogen-bond donors (Lipinski definition) is 3. The average Bonchev–Trinajstić information content (AvgIpc) is 2.70. The third kappa shape index (κ3) is 2.36. The molecule has 0 saturated heterocycles. The first-order chi connectivity index (χ1) is 8.08. The molecule has 1 amide bonds. The van der Waals surface area contributed by atoms with Gasteiger partial charge in [-0.2, -0.15) is 0 Å². The number of carbonyl (C=O) groups is 1. The Morgan fingerprint density at radius 2 is 2.29 bits per heavy atom. The van der Waals surface area contributed by atoms with Crippen molar-refractivity contribution in [2.75, 3.05) is 5.32 Å². The van der Waals surface area contributed by atoms with E-state index in [0.717, 1.165) is 5.56 Å². The molecule has 0 aliphatic heterocycles. The van der Waals surface area contributed by atoms with Crippen LogP contribution in [0.25, 0.3) is 0 Å². The van der Waals surface area contributed by atoms with E-state index in [9.17, 15) is 9.59 Å². The molecule has 17 heavy (non-hydrogen) atoms. The van der Waals surface area contributed by atoms with Gasteiger partial charge >= 0.3 is 5.69 Å². The molecule has 0 spiro atoms. The zero-order chi connectivity index (χ0) is 12.4. The first-order valence-corrected chi connectivity index (χ1v) is 5.16. The molecule has 2 heterocycles. The molecule has 0 fully saturated rings. The Kier molecular flexibility index (Phi) is 2.97. The predicted molar refractivity (Wildman–Crippen MR) is 63.4 cm³/mol. The van der Waals surface area contributed by atoms with Crippen LogP contribution in [0.2, 0.25) is 5.15 Å². The minimum absolute atomic E-state index is 0.134. The summed E-state index contributed by atoms with van der Waals surface area (Å²) in [6, 6.07) is 1.72. The van der Waals surface area contributed by atoms with Crippen molar-refractivity contribution in [3.05, 3.63) is 45.4 Å². The van der Waals surface area contributed by atoms with Crippen molar-refractivity contribution in [2.45, 2.75) is 6.92 Å². The summed E-state index contributed by atoms with van der Waals surface area (Å²) in [5.74, 6) is -0.457. The second kappa shape index (κ2) is 4.42. The number of imidazole rings is 1. The van der Waals surface area contributed by atoms with E-state index in [1.807, 2.05) is 0 Å². The number of halogens is 1. The maximum absolute atomic E-state index is 11.7. The lowest BCUT2D eigenvalue weighted by atomic mass is 10.2. The van der Waals surface area contributed by atoms with Crippen LogP contribution in [-0.2, 0) is 0 Å². The molecule has 88 valence electrons. The highest BCUT2D eigenvalue weighted by Crippen LogP contribution is 2.22. The van der Waals surface area contributed by atoms with Gasteiger partial charge in [-0.05, 0) is 18.6 Å². The third-order valence-electron chi connectivity index (χ3n) is 2.19. The molecule has 0 atom stereocenters. The first-order valence-electron chi connectivity index (χ1n) is 4.78. The quantitative estimate of drug-likeness (QED) is 0.704. The molecule has 0 bridgehead atoms. The van der Waals surface area contributed by atoms with Gasteiger partial charge in [-0.3, -0.25) is 4.79 Å². The molecule has 0 aromatic carbocycles. The molecule has 0 radical (unpaired) electrons. The van der Waals surface area contributed by atoms with Crippen LogP contribution in [0.4, 0.5) is 5.69 Å². The van der Waals surface area contributed by atoms with Crippen molar-refractivity contribution in [2.24, 2.45) is 0 Å². The van der Waals surface area contributed by atoms with Crippen molar-refractivity contribution in [1.29, 1.82) is 0 Å². The maximum Gasteiger partial charge on any atom is 0.323 e. The van der Waals surface area contributed by atoms with E-state index < -0.39 is 11.6 Å². The number of hydrogen-bond acceptors (Lipinski definition) is 3. The Bertz CT molecular complexity index is 597. The normalized spacial score (nSPS) is 10.2. The van der Waals surface area contributed by atoms with E-state index in [-0.39, 0.29) is 10.8 Å². The lowest BCUT2D eigenvalue weighted by molar-refractivity contribution is 0.102. The van der Waals surface area contributed by atoms with E-state index in [0.29, 0.717) is 5.69 Å². The number of pyridine rings is 1. The van der Waals surface area contributed by atoms with Crippen LogP contribution in [0.15, 0.2) is 23.3 Å². The predicted octanol–water partition coefficient (Wildman–Crippen LogP) is 1.31. The van der Waals surface area contributed by atoms with Gasteiger partial charge in [0.2, 0.25) is 0 Å². The van der Waals surface area contributed by atoms with Crippen LogP contribution >= 0.6 is 11.6 Å². The smallest absolute Gasteiger partial charge is 0.318 e. The van der Waals surface area contributed by atoms with Crippen LogP contribution in [0.1, 0.15) is 16.1 Å². The van der Waals surface area contributed by atoms with Crippen LogP contribution in [0, 0.1) is 6.92 Å². The Labute approximate surface area is 101 Å². The molecule has 0 unspecified atom stereocenters. The lowest BCUT2D eigenvalue weighted by Gasteiger charge is -2.07. The number of amides is 1. The van der Waals surface area contributed by atoms with E-state index in [1.165, 1.54) is 6.20 Å². The van der Waals surface area contributed by atoms with Crippen molar-refractivity contribution < 1.29 is 4.79 Å². The van der Waals surface area contributed by atoms with Crippen LogP contribution in [0.5, 0.6) is 0 Å². The van der Waals surface area contributed by atoms with Gasteiger partial charge in [0, 0.05) is 12.4 Å². The molecule has 0 aliphatic rings. The summed E-state index contributed by atoms with van der Waals surface area (Å²) in [4.78, 5) is 31.2. The molecule has 2 aromatic rings. The summed E-state index contributed by atoms with van der Waals surface area (Å²) in [6.45, 7) is 1.79. The van der Waals surface area contributed by atoms with Gasteiger partial charge in [-0.25, -0.2) is 9.78 Å². The molecular formula is C10H9ClN4O2. The number of nitrogens with one attached hydrogen (secondary N) is 3. The number of H-pyrrole nitrogens is 2. The summed E-state index contributed by atoms with van der Waals surface area (Å²) in [6.07, 6.45) is 2.84. The zero-order valence-corrected chi connectivity index (χ0v) is 9.63. The van der Waals surface area contributed by atoms with Gasteiger partial charge in [-0.15, -0.1) is 0 Å². The van der Waals surface area contributed by atoms with E-state index in [1.54, 1.807) is 19.2 Å². The number of aromatic amines is 2. The second-order valence-corrected chi connectivity index (χ2v) is 3.76. The Morgan fingerprint density at radius 3 is 2.88 bits per heavy atom. The minimum atomic E-state index is -0.457. The molecule has 0 saturated carbocycles. The van der Waals surface area contributed by atoms with Gasteiger partial charge in [0.15, 0.2) is 5.15 Å². The number of aryl methyl sites for hydroxylation is 1. The van der Waals surface area contributed by atoms with Gasteiger partial charge < -0.3 is 15.3 Å². The SMILES string of the molecule is Cc1ccnc(Cl)c1NC(=O)c1c[nH]c(=O)[nH]1. The van der Waals surface area contributed by atoms with Gasteiger partial charge in [-0.1, -0.05) is 11.6 Å². The zero-order valence-electron chi connectivity index (χ0n) is 8.87. The van der Waals surface area contributed by atoms with Gasteiger partial charge in [0.05, 0.1) is 5.69 Å². The molecule has 6 nitrogen and oxygen atoms in total. The van der Waals surface area contributed by atoms with E-state index >= 15 is 0 Å². The monoisotopic (exact) mass is 252 g/mol. The van der Waals surface area contributed by atoms with Crippen LogP contribution < -0.4 is 11.0 Å². The van der Waals surface area contributed by atoms with Crippen LogP contribution in [0.3, 0.4) is 0 Å². The highest BCUT2D eigenvalue weighted by Gasteiger charge is 2.12. The number of aromatic nitrogens is 3.